The molecule has 2 nitrogen and oxygen atoms in total. The molecule has 2 aromatic carbocycles. The summed E-state index contributed by atoms with van der Waals surface area (Å²) in [7, 11) is 0. The molecule has 1 saturated heterocycles. The van der Waals surface area contributed by atoms with Gasteiger partial charge in [-0.1, -0.05) is 56.6 Å². The molecule has 0 saturated carbocycles. The minimum atomic E-state index is 0.181. The van der Waals surface area contributed by atoms with Crippen LogP contribution in [0.15, 0.2) is 48.5 Å². The lowest BCUT2D eigenvalue weighted by atomic mass is 9.86. The molecular weight excluding hydrogens is 316 g/mol. The lowest BCUT2D eigenvalue weighted by Crippen LogP contribution is -2.46. The van der Waals surface area contributed by atoms with Gasteiger partial charge in [-0.15, -0.1) is 0 Å². The molecule has 0 aromatic heterocycles. The summed E-state index contributed by atoms with van der Waals surface area (Å²) in [5.41, 5.74) is 10.4. The molecule has 1 aliphatic rings. The number of benzene rings is 2. The number of anilines is 1. The van der Waals surface area contributed by atoms with Crippen molar-refractivity contribution in [2.75, 3.05) is 18.0 Å². The maximum Gasteiger partial charge on any atom is 0.0408 e. The van der Waals surface area contributed by atoms with Gasteiger partial charge in [-0.3, -0.25) is 0 Å². The molecule has 3 rings (SSSR count). The fourth-order valence-corrected chi connectivity index (χ4v) is 3.72. The quantitative estimate of drug-likeness (QED) is 0.835. The molecule has 0 spiro atoms. The van der Waals surface area contributed by atoms with Gasteiger partial charge in [-0.2, -0.15) is 0 Å². The summed E-state index contributed by atoms with van der Waals surface area (Å²) in [6, 6.07) is 17.3. The molecular formula is C21H27ClN2. The molecule has 3 heteroatoms. The zero-order valence-corrected chi connectivity index (χ0v) is 15.6. The van der Waals surface area contributed by atoms with Gasteiger partial charge in [0.15, 0.2) is 0 Å². The number of hydrogen-bond donors (Lipinski definition) is 1. The van der Waals surface area contributed by atoms with E-state index in [0.717, 1.165) is 24.5 Å². The number of halogens is 1. The third kappa shape index (κ3) is 3.93. The highest BCUT2D eigenvalue weighted by Crippen LogP contribution is 2.32. The molecule has 24 heavy (non-hydrogen) atoms. The molecule has 2 atom stereocenters. The largest absolute Gasteiger partial charge is 0.369 e. The van der Waals surface area contributed by atoms with Crippen molar-refractivity contribution in [2.24, 2.45) is 5.73 Å². The normalized spacial score (nSPS) is 21.8. The van der Waals surface area contributed by atoms with E-state index in [9.17, 15) is 0 Å². The van der Waals surface area contributed by atoms with Crippen LogP contribution in [0.1, 0.15) is 44.2 Å². The highest BCUT2D eigenvalue weighted by atomic mass is 35.5. The lowest BCUT2D eigenvalue weighted by molar-refractivity contribution is 0.454. The second-order valence-electron chi connectivity index (χ2n) is 7.95. The summed E-state index contributed by atoms with van der Waals surface area (Å²) in [5, 5.41) is 0.799. The van der Waals surface area contributed by atoms with E-state index in [4.69, 9.17) is 17.3 Å². The fourth-order valence-electron chi connectivity index (χ4n) is 3.52. The van der Waals surface area contributed by atoms with Crippen LogP contribution in [-0.4, -0.2) is 19.1 Å². The smallest absolute Gasteiger partial charge is 0.0408 e. The fraction of sp³-hybridized carbons (Fsp3) is 0.429. The van der Waals surface area contributed by atoms with E-state index in [1.165, 1.54) is 16.8 Å². The Kier molecular flexibility index (Phi) is 4.89. The van der Waals surface area contributed by atoms with Crippen LogP contribution in [0.5, 0.6) is 0 Å². The van der Waals surface area contributed by atoms with Gasteiger partial charge in [-0.05, 0) is 47.2 Å². The van der Waals surface area contributed by atoms with Gasteiger partial charge in [-0.25, -0.2) is 0 Å². The molecule has 2 aromatic rings. The first-order chi connectivity index (χ1) is 11.3. The Morgan fingerprint density at radius 2 is 1.75 bits per heavy atom. The van der Waals surface area contributed by atoms with E-state index < -0.39 is 0 Å². The molecule has 2 N–H and O–H groups in total. The molecule has 0 bridgehead atoms. The first kappa shape index (κ1) is 17.3. The third-order valence-corrected chi connectivity index (χ3v) is 5.14. The number of nitrogens with zero attached hydrogens (tertiary/aromatic N) is 1. The van der Waals surface area contributed by atoms with Crippen LogP contribution in [0.2, 0.25) is 5.02 Å². The van der Waals surface area contributed by atoms with Crippen LogP contribution in [0, 0.1) is 0 Å². The summed E-state index contributed by atoms with van der Waals surface area (Å²) in [4.78, 5) is 2.41. The standard InChI is InChI=1S/C21H27ClN2/c1-21(2,3)17-7-9-20(10-8-17)24-13-16(12-19(23)14-24)15-5-4-6-18(22)11-15/h4-11,16,19H,12-14,23H2,1-3H3. The first-order valence-electron chi connectivity index (χ1n) is 8.69. The van der Waals surface area contributed by atoms with Crippen molar-refractivity contribution in [1.29, 1.82) is 0 Å². The van der Waals surface area contributed by atoms with Gasteiger partial charge in [0.05, 0.1) is 0 Å². The lowest BCUT2D eigenvalue weighted by Gasteiger charge is -2.38. The Balaban J connectivity index is 1.81. The maximum absolute atomic E-state index is 6.35. The average molecular weight is 343 g/mol. The summed E-state index contributed by atoms with van der Waals surface area (Å²) < 4.78 is 0. The predicted molar refractivity (Wildman–Crippen MR) is 104 cm³/mol. The monoisotopic (exact) mass is 342 g/mol. The van der Waals surface area contributed by atoms with Crippen molar-refractivity contribution in [3.63, 3.8) is 0 Å². The minimum absolute atomic E-state index is 0.181. The average Bonchev–Trinajstić information content (AvgIpc) is 2.53. The summed E-state index contributed by atoms with van der Waals surface area (Å²) in [5.74, 6) is 0.426. The molecule has 1 heterocycles. The summed E-state index contributed by atoms with van der Waals surface area (Å²) in [6.07, 6.45) is 1.01. The van der Waals surface area contributed by atoms with Crippen LogP contribution in [-0.2, 0) is 5.41 Å². The van der Waals surface area contributed by atoms with Gasteiger partial charge >= 0.3 is 0 Å². The Morgan fingerprint density at radius 3 is 2.38 bits per heavy atom. The molecule has 0 aliphatic carbocycles. The predicted octanol–water partition coefficient (Wildman–Crippen LogP) is 4.96. The van der Waals surface area contributed by atoms with E-state index in [2.05, 4.69) is 62.1 Å². The van der Waals surface area contributed by atoms with Gasteiger partial charge in [0.2, 0.25) is 0 Å². The maximum atomic E-state index is 6.35. The Hall–Kier alpha value is -1.51. The van der Waals surface area contributed by atoms with Crippen LogP contribution in [0.25, 0.3) is 0 Å². The topological polar surface area (TPSA) is 29.3 Å². The zero-order valence-electron chi connectivity index (χ0n) is 14.8. The van der Waals surface area contributed by atoms with E-state index in [1.807, 2.05) is 12.1 Å². The van der Waals surface area contributed by atoms with Crippen LogP contribution in [0.3, 0.4) is 0 Å². The molecule has 1 fully saturated rings. The van der Waals surface area contributed by atoms with Gasteiger partial charge in [0, 0.05) is 35.8 Å². The highest BCUT2D eigenvalue weighted by molar-refractivity contribution is 6.30. The van der Waals surface area contributed by atoms with Crippen molar-refractivity contribution >= 4 is 17.3 Å². The molecule has 128 valence electrons. The van der Waals surface area contributed by atoms with Crippen molar-refractivity contribution in [1.82, 2.24) is 0 Å². The summed E-state index contributed by atoms with van der Waals surface area (Å²) in [6.45, 7) is 8.63. The van der Waals surface area contributed by atoms with E-state index in [1.54, 1.807) is 0 Å². The van der Waals surface area contributed by atoms with Gasteiger partial charge < -0.3 is 10.6 Å². The second-order valence-corrected chi connectivity index (χ2v) is 8.39. The SMILES string of the molecule is CC(C)(C)c1ccc(N2CC(N)CC(c3cccc(Cl)c3)C2)cc1. The Labute approximate surface area is 150 Å². The first-order valence-corrected chi connectivity index (χ1v) is 9.07. The zero-order chi connectivity index (χ0) is 17.3. The van der Waals surface area contributed by atoms with Gasteiger partial charge in [0.25, 0.3) is 0 Å². The van der Waals surface area contributed by atoms with Crippen molar-refractivity contribution in [3.8, 4) is 0 Å². The second kappa shape index (κ2) is 6.78. The Morgan fingerprint density at radius 1 is 1.04 bits per heavy atom. The van der Waals surface area contributed by atoms with Crippen molar-refractivity contribution in [3.05, 3.63) is 64.7 Å². The van der Waals surface area contributed by atoms with E-state index >= 15 is 0 Å². The van der Waals surface area contributed by atoms with Crippen LogP contribution < -0.4 is 10.6 Å². The Bertz CT molecular complexity index is 688. The van der Waals surface area contributed by atoms with Crippen LogP contribution >= 0.6 is 11.6 Å². The number of nitrogens with two attached hydrogens (primary N) is 1. The number of hydrogen-bond acceptors (Lipinski definition) is 2. The van der Waals surface area contributed by atoms with E-state index in [0.29, 0.717) is 5.92 Å². The molecule has 1 aliphatic heterocycles. The highest BCUT2D eigenvalue weighted by Gasteiger charge is 2.26. The molecule has 0 radical (unpaired) electrons. The van der Waals surface area contributed by atoms with Crippen molar-refractivity contribution < 1.29 is 0 Å². The number of piperidine rings is 1. The van der Waals surface area contributed by atoms with Crippen LogP contribution in [0.4, 0.5) is 5.69 Å². The third-order valence-electron chi connectivity index (χ3n) is 4.90. The molecule has 2 unspecified atom stereocenters. The van der Waals surface area contributed by atoms with Gasteiger partial charge in [0.1, 0.15) is 0 Å². The summed E-state index contributed by atoms with van der Waals surface area (Å²) >= 11 is 6.17. The van der Waals surface area contributed by atoms with E-state index in [-0.39, 0.29) is 11.5 Å². The number of rotatable bonds is 2. The molecule has 0 amide bonds. The van der Waals surface area contributed by atoms with Crippen molar-refractivity contribution in [2.45, 2.75) is 44.6 Å². The minimum Gasteiger partial charge on any atom is -0.369 e.